The summed E-state index contributed by atoms with van der Waals surface area (Å²) in [5.74, 6) is 1.17. The number of fused-ring (bicyclic) bond motifs is 8. The summed E-state index contributed by atoms with van der Waals surface area (Å²) >= 11 is 0. The minimum atomic E-state index is -3.65. The van der Waals surface area contributed by atoms with Gasteiger partial charge in [0.1, 0.15) is 33.8 Å². The molecule has 0 spiro atoms. The Balaban J connectivity index is 0.969. The maximum absolute atomic E-state index is 17.4. The fourth-order valence-electron chi connectivity index (χ4n) is 11.8. The van der Waals surface area contributed by atoms with Gasteiger partial charge in [-0.15, -0.1) is 0 Å². The molecule has 0 saturated carbocycles. The van der Waals surface area contributed by atoms with Crippen LogP contribution < -0.4 is 30.5 Å². The summed E-state index contributed by atoms with van der Waals surface area (Å²) in [6.07, 6.45) is 0. The van der Waals surface area contributed by atoms with Gasteiger partial charge in [-0.1, -0.05) is 97.1 Å². The van der Waals surface area contributed by atoms with E-state index in [4.69, 9.17) is 13.6 Å². The van der Waals surface area contributed by atoms with Gasteiger partial charge in [0, 0.05) is 32.9 Å². The highest BCUT2D eigenvalue weighted by molar-refractivity contribution is 7.87. The number of furan rings is 2. The van der Waals surface area contributed by atoms with Gasteiger partial charge in [0.05, 0.1) is 38.7 Å². The van der Waals surface area contributed by atoms with Gasteiger partial charge >= 0.3 is 0 Å². The standard InChI is InChI=1S/C63H37N2O4P/c1-36-24-51-61-52(25-36)65(46-18-6-3-7-19-46)54-31-44(42-21-23-56-48(29-42)50-27-38-13-9-11-15-40(38)33-58(50)68-56)35-60-63(54)70(61,66)62-53(64(51)45-16-4-2-5-17-45)30-43(34-59(62)69-60)41-20-22-55-47(28-41)49-26-37-12-8-10-14-39(37)32-57(49)67-55/h2-35H,1H3. The van der Waals surface area contributed by atoms with E-state index in [1.54, 1.807) is 0 Å². The summed E-state index contributed by atoms with van der Waals surface area (Å²) < 4.78 is 37.7. The molecule has 0 fully saturated rings. The van der Waals surface area contributed by atoms with Crippen LogP contribution in [0.3, 0.4) is 0 Å². The number of hydrogen-bond acceptors (Lipinski definition) is 6. The molecule has 0 bridgehead atoms. The monoisotopic (exact) mass is 916 g/mol. The highest BCUT2D eigenvalue weighted by Crippen LogP contribution is 2.67. The lowest BCUT2D eigenvalue weighted by atomic mass is 9.98. The quantitative estimate of drug-likeness (QED) is 0.164. The van der Waals surface area contributed by atoms with Crippen LogP contribution >= 0.6 is 7.14 Å². The molecule has 13 aromatic rings. The maximum Gasteiger partial charge on any atom is 0.186 e. The van der Waals surface area contributed by atoms with E-state index >= 15 is 4.57 Å². The molecule has 3 aliphatic heterocycles. The number of hydrogen-bond donors (Lipinski definition) is 0. The second kappa shape index (κ2) is 13.7. The molecule has 0 amide bonds. The van der Waals surface area contributed by atoms with Crippen LogP contribution in [0, 0.1) is 6.92 Å². The molecular formula is C63H37N2O4P. The summed E-state index contributed by atoms with van der Waals surface area (Å²) in [6.45, 7) is 2.14. The Morgan fingerprint density at radius 1 is 0.357 bits per heavy atom. The largest absolute Gasteiger partial charge is 0.456 e. The molecule has 11 aromatic carbocycles. The van der Waals surface area contributed by atoms with Crippen molar-refractivity contribution in [2.75, 3.05) is 9.80 Å². The second-order valence-electron chi connectivity index (χ2n) is 18.9. The molecule has 0 atom stereocenters. The molecule has 3 aliphatic rings. The van der Waals surface area contributed by atoms with Crippen molar-refractivity contribution in [3.05, 3.63) is 212 Å². The van der Waals surface area contributed by atoms with Crippen molar-refractivity contribution >= 4 is 123 Å². The van der Waals surface area contributed by atoms with Gasteiger partial charge in [0.2, 0.25) is 0 Å². The van der Waals surface area contributed by atoms with Gasteiger partial charge in [-0.05, 0) is 165 Å². The fraction of sp³-hybridized carbons (Fsp3) is 0.0159. The minimum Gasteiger partial charge on any atom is -0.456 e. The number of benzene rings is 11. The summed E-state index contributed by atoms with van der Waals surface area (Å²) in [7, 11) is -3.65. The highest BCUT2D eigenvalue weighted by Gasteiger charge is 2.54. The first-order chi connectivity index (χ1) is 34.4. The van der Waals surface area contributed by atoms with Crippen molar-refractivity contribution in [1.82, 2.24) is 0 Å². The van der Waals surface area contributed by atoms with Crippen molar-refractivity contribution in [3.63, 3.8) is 0 Å². The van der Waals surface area contributed by atoms with Gasteiger partial charge in [-0.2, -0.15) is 0 Å². The zero-order valence-corrected chi connectivity index (χ0v) is 38.5. The lowest BCUT2D eigenvalue weighted by Crippen LogP contribution is -2.45. The number of anilines is 6. The first-order valence-corrected chi connectivity index (χ1v) is 25.4. The van der Waals surface area contributed by atoms with E-state index in [9.17, 15) is 0 Å². The average molecular weight is 917 g/mol. The summed E-state index contributed by atoms with van der Waals surface area (Å²) in [4.78, 5) is 4.60. The average Bonchev–Trinajstić information content (AvgIpc) is 3.93. The number of nitrogens with zero attached hydrogens (tertiary/aromatic N) is 2. The summed E-state index contributed by atoms with van der Waals surface area (Å²) in [5.41, 5.74) is 13.7. The molecule has 2 aromatic heterocycles. The zero-order chi connectivity index (χ0) is 46.0. The molecule has 7 heteroatoms. The molecule has 70 heavy (non-hydrogen) atoms. The first kappa shape index (κ1) is 38.2. The van der Waals surface area contributed by atoms with Gasteiger partial charge < -0.3 is 27.9 Å². The van der Waals surface area contributed by atoms with Crippen molar-refractivity contribution in [2.45, 2.75) is 6.92 Å². The molecule has 5 heterocycles. The smallest absolute Gasteiger partial charge is 0.186 e. The first-order valence-electron chi connectivity index (χ1n) is 23.6. The van der Waals surface area contributed by atoms with Gasteiger partial charge in [0.15, 0.2) is 7.14 Å². The lowest BCUT2D eigenvalue weighted by Gasteiger charge is -2.47. The molecule has 6 nitrogen and oxygen atoms in total. The van der Waals surface area contributed by atoms with Crippen LogP contribution in [-0.2, 0) is 4.57 Å². The Bertz CT molecular complexity index is 4240. The van der Waals surface area contributed by atoms with E-state index in [2.05, 4.69) is 211 Å². The number of rotatable bonds is 4. The van der Waals surface area contributed by atoms with Crippen LogP contribution in [0.25, 0.3) is 87.7 Å². The number of ether oxygens (including phenoxy) is 1. The molecule has 0 radical (unpaired) electrons. The molecule has 0 unspecified atom stereocenters. The Morgan fingerprint density at radius 3 is 1.21 bits per heavy atom. The molecule has 0 N–H and O–H groups in total. The molecule has 0 aliphatic carbocycles. The molecular weight excluding hydrogens is 880 g/mol. The third kappa shape index (κ3) is 5.15. The van der Waals surface area contributed by atoms with Crippen LogP contribution in [0.4, 0.5) is 34.1 Å². The predicted molar refractivity (Wildman–Crippen MR) is 288 cm³/mol. The van der Waals surface area contributed by atoms with Crippen LogP contribution in [0.5, 0.6) is 11.5 Å². The van der Waals surface area contributed by atoms with Gasteiger partial charge in [0.25, 0.3) is 0 Å². The van der Waals surface area contributed by atoms with E-state index in [0.717, 1.165) is 133 Å². The van der Waals surface area contributed by atoms with Crippen LogP contribution in [-0.4, -0.2) is 0 Å². The lowest BCUT2D eigenvalue weighted by molar-refractivity contribution is 0.486. The van der Waals surface area contributed by atoms with Gasteiger partial charge in [-0.25, -0.2) is 0 Å². The van der Waals surface area contributed by atoms with E-state index in [1.807, 2.05) is 12.1 Å². The Hall–Kier alpha value is -8.83. The Kier molecular flexibility index (Phi) is 7.45. The highest BCUT2D eigenvalue weighted by atomic mass is 31.2. The van der Waals surface area contributed by atoms with Crippen LogP contribution in [0.1, 0.15) is 5.56 Å². The molecule has 0 saturated heterocycles. The maximum atomic E-state index is 17.4. The van der Waals surface area contributed by atoms with Gasteiger partial charge in [-0.3, -0.25) is 0 Å². The minimum absolute atomic E-state index is 0.587. The van der Waals surface area contributed by atoms with Crippen LogP contribution in [0.2, 0.25) is 0 Å². The van der Waals surface area contributed by atoms with Crippen molar-refractivity contribution in [2.24, 2.45) is 0 Å². The third-order valence-electron chi connectivity index (χ3n) is 14.8. The summed E-state index contributed by atoms with van der Waals surface area (Å²) in [5, 5.41) is 11.0. The van der Waals surface area contributed by atoms with Crippen LogP contribution in [0.15, 0.2) is 215 Å². The third-order valence-corrected chi connectivity index (χ3v) is 18.1. The Morgan fingerprint density at radius 2 is 0.757 bits per heavy atom. The van der Waals surface area contributed by atoms with Crippen molar-refractivity contribution in [3.8, 4) is 33.8 Å². The SMILES string of the molecule is Cc1cc2c3c(c1)N(c1ccccc1)c1cc(-c4ccc5oc6cc7ccccc7cc6c5c4)cc4c1P3(=O)c1c(cc(-c3ccc5oc6cc7ccccc7cc6c5c3)cc1N2c1ccccc1)O4. The number of aryl methyl sites for hydroxylation is 1. The topological polar surface area (TPSA) is 59.1 Å². The molecule has 328 valence electrons. The van der Waals surface area contributed by atoms with E-state index in [1.165, 1.54) is 0 Å². The fourth-order valence-corrected chi connectivity index (χ4v) is 15.2. The normalized spacial score (nSPS) is 14.0. The second-order valence-corrected chi connectivity index (χ2v) is 21.5. The summed E-state index contributed by atoms with van der Waals surface area (Å²) in [6, 6.07) is 72.3. The van der Waals surface area contributed by atoms with Crippen molar-refractivity contribution < 1.29 is 18.1 Å². The zero-order valence-electron chi connectivity index (χ0n) is 37.6. The van der Waals surface area contributed by atoms with Crippen molar-refractivity contribution in [1.29, 1.82) is 0 Å². The van der Waals surface area contributed by atoms with E-state index in [0.29, 0.717) is 22.1 Å². The molecule has 16 rings (SSSR count). The Labute approximate surface area is 401 Å². The predicted octanol–water partition coefficient (Wildman–Crippen LogP) is 16.7. The number of para-hydroxylation sites is 2. The van der Waals surface area contributed by atoms with E-state index in [-0.39, 0.29) is 0 Å². The van der Waals surface area contributed by atoms with E-state index < -0.39 is 7.14 Å².